The fourth-order valence-electron chi connectivity index (χ4n) is 3.20. The smallest absolute Gasteiger partial charge is 0.457 e. The maximum Gasteiger partial charge on any atom is 0.573 e. The van der Waals surface area contributed by atoms with Crippen molar-refractivity contribution in [1.82, 2.24) is 0 Å². The van der Waals surface area contributed by atoms with E-state index in [9.17, 15) is 49.0 Å². The normalized spacial score (nSPS) is 13.2. The quantitative estimate of drug-likeness (QED) is 0.201. The van der Waals surface area contributed by atoms with Gasteiger partial charge < -0.3 is 24.2 Å². The summed E-state index contributed by atoms with van der Waals surface area (Å²) in [7, 11) is 0. The van der Waals surface area contributed by atoms with Crippen molar-refractivity contribution in [2.45, 2.75) is 37.8 Å². The number of aliphatic hydroxyl groups is 1. The van der Waals surface area contributed by atoms with Crippen LogP contribution < -0.4 is 19.1 Å². The molecule has 0 saturated carbocycles. The van der Waals surface area contributed by atoms with Crippen LogP contribution in [0.25, 0.3) is 0 Å². The number of nitrogens with zero attached hydrogens (tertiary/aromatic N) is 1. The summed E-state index contributed by atoms with van der Waals surface area (Å²) in [6, 6.07) is 12.9. The largest absolute Gasteiger partial charge is 0.573 e. The number of aliphatic hydroxyl groups excluding tert-OH is 1. The lowest BCUT2D eigenvalue weighted by atomic mass is 10.1. The monoisotopic (exact) mass is 573 g/mol. The third kappa shape index (κ3) is 8.56. The van der Waals surface area contributed by atoms with Crippen molar-refractivity contribution in [1.29, 1.82) is 0 Å². The average Bonchev–Trinajstić information content (AvgIpc) is 2.81. The molecule has 0 unspecified atom stereocenters. The number of rotatable bonds is 10. The molecule has 0 radical (unpaired) electrons. The number of anilines is 1. The predicted octanol–water partition coefficient (Wildman–Crippen LogP) is 7.50. The van der Waals surface area contributed by atoms with Gasteiger partial charge in [0, 0.05) is 24.4 Å². The van der Waals surface area contributed by atoms with Crippen molar-refractivity contribution in [3.63, 3.8) is 0 Å². The molecule has 0 amide bonds. The van der Waals surface area contributed by atoms with Gasteiger partial charge in [0.15, 0.2) is 0 Å². The molecular formula is C24H17F10NO4. The highest BCUT2D eigenvalue weighted by molar-refractivity contribution is 5.53. The summed E-state index contributed by atoms with van der Waals surface area (Å²) in [5.41, 5.74) is -0.437. The van der Waals surface area contributed by atoms with E-state index in [0.717, 1.165) is 42.5 Å². The number of ether oxygens (including phenoxy) is 3. The molecule has 1 N–H and O–H groups in total. The number of halogens is 10. The highest BCUT2D eigenvalue weighted by atomic mass is 19.4. The molecule has 3 aromatic rings. The standard InChI is InChI=1S/C24H17F10NO4/c25-20(26)23(30,31)38-18-8-1-4-14(10-18)13-35(21(36)22(27,28)29)15-5-2-6-16(11-15)37-17-7-3-9-19(12-17)39-24(32,33)34/h1-12,20-21,36H,13H2/t21-/m0/s1. The Hall–Kier alpha value is -3.88. The fraction of sp³-hybridized carbons (Fsp3) is 0.250. The van der Waals surface area contributed by atoms with Gasteiger partial charge in [0.1, 0.15) is 23.0 Å². The van der Waals surface area contributed by atoms with E-state index < -0.39 is 49.3 Å². The van der Waals surface area contributed by atoms with E-state index >= 15 is 0 Å². The summed E-state index contributed by atoms with van der Waals surface area (Å²) in [6.45, 7) is -0.767. The average molecular weight is 573 g/mol. The highest BCUT2D eigenvalue weighted by Gasteiger charge is 2.44. The molecule has 0 bridgehead atoms. The second kappa shape index (κ2) is 11.5. The number of benzene rings is 3. The van der Waals surface area contributed by atoms with Gasteiger partial charge in [-0.3, -0.25) is 0 Å². The zero-order valence-electron chi connectivity index (χ0n) is 19.2. The maximum absolute atomic E-state index is 13.5. The van der Waals surface area contributed by atoms with E-state index in [1.807, 2.05) is 0 Å². The second-order valence-electron chi connectivity index (χ2n) is 7.78. The molecule has 0 aliphatic heterocycles. The van der Waals surface area contributed by atoms with E-state index in [2.05, 4.69) is 9.47 Å². The third-order valence-electron chi connectivity index (χ3n) is 4.77. The molecule has 0 spiro atoms. The Morgan fingerprint density at radius 2 is 1.23 bits per heavy atom. The van der Waals surface area contributed by atoms with Crippen LogP contribution in [0.2, 0.25) is 0 Å². The molecule has 0 heterocycles. The molecule has 212 valence electrons. The molecule has 0 aliphatic carbocycles. The highest BCUT2D eigenvalue weighted by Crippen LogP contribution is 2.34. The van der Waals surface area contributed by atoms with Gasteiger partial charge in [-0.05, 0) is 42.0 Å². The Kier molecular flexibility index (Phi) is 8.73. The number of hydrogen-bond acceptors (Lipinski definition) is 5. The van der Waals surface area contributed by atoms with Crippen LogP contribution in [0.5, 0.6) is 23.0 Å². The summed E-state index contributed by atoms with van der Waals surface area (Å²) >= 11 is 0. The molecule has 39 heavy (non-hydrogen) atoms. The first-order chi connectivity index (χ1) is 18.0. The molecule has 15 heteroatoms. The van der Waals surface area contributed by atoms with E-state index in [-0.39, 0.29) is 22.7 Å². The van der Waals surface area contributed by atoms with Crippen molar-refractivity contribution < 1.29 is 63.2 Å². The van der Waals surface area contributed by atoms with Crippen molar-refractivity contribution in [2.24, 2.45) is 0 Å². The molecule has 3 aromatic carbocycles. The third-order valence-corrected chi connectivity index (χ3v) is 4.77. The Bertz CT molecular complexity index is 1250. The summed E-state index contributed by atoms with van der Waals surface area (Å²) < 4.78 is 142. The van der Waals surface area contributed by atoms with Crippen molar-refractivity contribution in [2.75, 3.05) is 4.90 Å². The Labute approximate surface area is 213 Å². The van der Waals surface area contributed by atoms with Crippen LogP contribution in [0.15, 0.2) is 72.8 Å². The fourth-order valence-corrected chi connectivity index (χ4v) is 3.20. The van der Waals surface area contributed by atoms with E-state index in [1.54, 1.807) is 0 Å². The lowest BCUT2D eigenvalue weighted by Gasteiger charge is -2.31. The Morgan fingerprint density at radius 1 is 0.692 bits per heavy atom. The maximum atomic E-state index is 13.5. The van der Waals surface area contributed by atoms with Crippen LogP contribution in [-0.2, 0) is 6.54 Å². The zero-order chi connectivity index (χ0) is 29.0. The van der Waals surface area contributed by atoms with Gasteiger partial charge in [-0.25, -0.2) is 0 Å². The first-order valence-electron chi connectivity index (χ1n) is 10.6. The van der Waals surface area contributed by atoms with Gasteiger partial charge in [-0.15, -0.1) is 13.2 Å². The molecular weight excluding hydrogens is 556 g/mol. The van der Waals surface area contributed by atoms with Crippen LogP contribution in [0.1, 0.15) is 5.56 Å². The van der Waals surface area contributed by atoms with E-state index in [0.29, 0.717) is 4.90 Å². The Morgan fingerprint density at radius 3 is 1.82 bits per heavy atom. The first kappa shape index (κ1) is 29.7. The minimum atomic E-state index is -5.20. The van der Waals surface area contributed by atoms with Crippen molar-refractivity contribution >= 4 is 5.69 Å². The number of hydrogen-bond donors (Lipinski definition) is 1. The molecule has 0 aromatic heterocycles. The van der Waals surface area contributed by atoms with E-state index in [4.69, 9.17) is 4.74 Å². The molecule has 5 nitrogen and oxygen atoms in total. The molecule has 0 saturated heterocycles. The molecule has 0 fully saturated rings. The number of alkyl halides is 10. The van der Waals surface area contributed by atoms with E-state index in [1.165, 1.54) is 30.3 Å². The van der Waals surface area contributed by atoms with Gasteiger partial charge >= 0.3 is 25.1 Å². The predicted molar refractivity (Wildman–Crippen MR) is 116 cm³/mol. The topological polar surface area (TPSA) is 51.2 Å². The van der Waals surface area contributed by atoms with Gasteiger partial charge in [0.25, 0.3) is 0 Å². The summed E-state index contributed by atoms with van der Waals surface area (Å²) in [4.78, 5) is 0.403. The van der Waals surface area contributed by atoms with Crippen molar-refractivity contribution in [3.05, 3.63) is 78.4 Å². The lowest BCUT2D eigenvalue weighted by Crippen LogP contribution is -2.45. The van der Waals surface area contributed by atoms with Crippen LogP contribution in [0, 0.1) is 0 Å². The zero-order valence-corrected chi connectivity index (χ0v) is 19.2. The van der Waals surface area contributed by atoms with Crippen LogP contribution >= 0.6 is 0 Å². The first-order valence-corrected chi connectivity index (χ1v) is 10.6. The molecule has 1 atom stereocenters. The van der Waals surface area contributed by atoms with Gasteiger partial charge in [-0.1, -0.05) is 24.3 Å². The second-order valence-corrected chi connectivity index (χ2v) is 7.78. The summed E-state index contributed by atoms with van der Waals surface area (Å²) in [6.07, 6.45) is -22.3. The summed E-state index contributed by atoms with van der Waals surface area (Å²) in [5, 5.41) is 10.0. The molecule has 3 rings (SSSR count). The van der Waals surface area contributed by atoms with Gasteiger partial charge in [0.2, 0.25) is 6.23 Å². The van der Waals surface area contributed by atoms with Gasteiger partial charge in [-0.2, -0.15) is 30.7 Å². The Balaban J connectivity index is 1.89. The van der Waals surface area contributed by atoms with Gasteiger partial charge in [0.05, 0.1) is 0 Å². The minimum Gasteiger partial charge on any atom is -0.457 e. The lowest BCUT2D eigenvalue weighted by molar-refractivity contribution is -0.274. The SMILES string of the molecule is O[C@H](N(Cc1cccc(OC(F)(F)C(F)F)c1)c1cccc(Oc2cccc(OC(F)(F)F)c2)c1)C(F)(F)F. The van der Waals surface area contributed by atoms with Crippen LogP contribution in [0.4, 0.5) is 49.6 Å². The van der Waals surface area contributed by atoms with Crippen LogP contribution in [-0.4, -0.2) is 36.4 Å². The summed E-state index contributed by atoms with van der Waals surface area (Å²) in [5.74, 6) is -1.70. The molecule has 0 aliphatic rings. The minimum absolute atomic E-state index is 0.135. The van der Waals surface area contributed by atoms with Crippen LogP contribution in [0.3, 0.4) is 0 Å². The van der Waals surface area contributed by atoms with Crippen molar-refractivity contribution in [3.8, 4) is 23.0 Å².